The van der Waals surface area contributed by atoms with Crippen LogP contribution in [0.4, 0.5) is 0 Å². The summed E-state index contributed by atoms with van der Waals surface area (Å²) < 4.78 is 28.5. The van der Waals surface area contributed by atoms with Gasteiger partial charge in [0.15, 0.2) is 0 Å². The minimum Gasteiger partial charge on any atom is -1.00 e. The third-order valence-corrected chi connectivity index (χ3v) is 8.79. The van der Waals surface area contributed by atoms with Gasteiger partial charge in [0.25, 0.3) is 0 Å². The first-order valence-electron chi connectivity index (χ1n) is 8.76. The first-order chi connectivity index (χ1) is 12.2. The lowest BCUT2D eigenvalue weighted by Gasteiger charge is -2.48. The Bertz CT molecular complexity index is 818. The van der Waals surface area contributed by atoms with Crippen LogP contribution in [0, 0.1) is 0 Å². The van der Waals surface area contributed by atoms with E-state index in [4.69, 9.17) is 11.6 Å². The highest BCUT2D eigenvalue weighted by Gasteiger charge is 2.57. The van der Waals surface area contributed by atoms with Crippen molar-refractivity contribution >= 4 is 33.4 Å². The van der Waals surface area contributed by atoms with Crippen LogP contribution < -0.4 is 17.0 Å². The molecule has 1 aliphatic carbocycles. The van der Waals surface area contributed by atoms with Gasteiger partial charge in [-0.3, -0.25) is 4.48 Å². The number of rotatable bonds is 4. The van der Waals surface area contributed by atoms with Crippen LogP contribution in [0.15, 0.2) is 32.7 Å². The number of halogens is 2. The van der Waals surface area contributed by atoms with E-state index in [9.17, 15) is 13.5 Å². The Labute approximate surface area is 180 Å². The van der Waals surface area contributed by atoms with Gasteiger partial charge in [-0.15, -0.1) is 0 Å². The van der Waals surface area contributed by atoms with E-state index in [0.29, 0.717) is 21.8 Å². The van der Waals surface area contributed by atoms with Crippen LogP contribution in [0.3, 0.4) is 0 Å². The second kappa shape index (κ2) is 8.67. The van der Waals surface area contributed by atoms with Gasteiger partial charge >= 0.3 is 10.0 Å². The Morgan fingerprint density at radius 2 is 1.96 bits per heavy atom. The number of hydrogen-bond acceptors (Lipinski definition) is 5. The van der Waals surface area contributed by atoms with E-state index < -0.39 is 15.7 Å². The van der Waals surface area contributed by atoms with Gasteiger partial charge in [-0.05, 0) is 43.9 Å². The lowest BCUT2D eigenvalue weighted by molar-refractivity contribution is -0.996. The monoisotopic (exact) mass is 497 g/mol. The molecule has 0 aromatic heterocycles. The maximum atomic E-state index is 12.4. The highest BCUT2D eigenvalue weighted by molar-refractivity contribution is 7.99. The van der Waals surface area contributed by atoms with Crippen molar-refractivity contribution < 1.29 is 35.0 Å². The van der Waals surface area contributed by atoms with E-state index in [1.807, 2.05) is 0 Å². The molecular formula is C17H25BrClN3O3S2. The van der Waals surface area contributed by atoms with E-state index in [-0.39, 0.29) is 26.9 Å². The molecule has 0 amide bonds. The van der Waals surface area contributed by atoms with Crippen molar-refractivity contribution in [2.24, 2.45) is 9.63 Å². The summed E-state index contributed by atoms with van der Waals surface area (Å²) in [5.74, 6) is 1.33. The summed E-state index contributed by atoms with van der Waals surface area (Å²) in [5.41, 5.74) is -0.574. The Balaban J connectivity index is 0.00000261. The van der Waals surface area contributed by atoms with Crippen molar-refractivity contribution in [3.05, 3.63) is 28.8 Å². The Hall–Kier alpha value is -0.190. The van der Waals surface area contributed by atoms with E-state index in [1.54, 1.807) is 17.8 Å². The molecule has 2 atom stereocenters. The third kappa shape index (κ3) is 4.09. The quantitative estimate of drug-likeness (QED) is 0.491. The van der Waals surface area contributed by atoms with Crippen LogP contribution in [0.25, 0.3) is 0 Å². The second-order valence-electron chi connectivity index (χ2n) is 7.26. The zero-order valence-electron chi connectivity index (χ0n) is 15.4. The molecule has 1 aromatic rings. The van der Waals surface area contributed by atoms with E-state index >= 15 is 0 Å². The van der Waals surface area contributed by atoms with Gasteiger partial charge in [0.2, 0.25) is 5.72 Å². The maximum absolute atomic E-state index is 12.4. The van der Waals surface area contributed by atoms with Crippen LogP contribution in [0.1, 0.15) is 37.7 Å². The molecule has 6 nitrogen and oxygen atoms in total. The van der Waals surface area contributed by atoms with E-state index in [1.165, 1.54) is 38.4 Å². The second-order valence-corrected chi connectivity index (χ2v) is 10.2. The molecule has 0 bridgehead atoms. The van der Waals surface area contributed by atoms with Crippen molar-refractivity contribution in [2.45, 2.75) is 48.8 Å². The zero-order valence-corrected chi connectivity index (χ0v) is 19.4. The maximum Gasteiger partial charge on any atom is 0.300 e. The summed E-state index contributed by atoms with van der Waals surface area (Å²) in [4.78, 5) is -0.109. The highest BCUT2D eigenvalue weighted by atomic mass is 79.9. The van der Waals surface area contributed by atoms with Crippen molar-refractivity contribution in [3.63, 3.8) is 0 Å². The summed E-state index contributed by atoms with van der Waals surface area (Å²) in [6, 6.07) is 5.10. The summed E-state index contributed by atoms with van der Waals surface area (Å²) in [5, 5.41) is 15.2. The molecule has 2 unspecified atom stereocenters. The summed E-state index contributed by atoms with van der Waals surface area (Å²) in [7, 11) is -0.594. The predicted octanol–water partition coefficient (Wildman–Crippen LogP) is 0.743. The molecule has 27 heavy (non-hydrogen) atoms. The average Bonchev–Trinajstić information content (AvgIpc) is 2.93. The van der Waals surface area contributed by atoms with E-state index in [0.717, 1.165) is 18.7 Å². The van der Waals surface area contributed by atoms with Gasteiger partial charge in [0.1, 0.15) is 10.8 Å². The van der Waals surface area contributed by atoms with E-state index in [2.05, 4.69) is 16.7 Å². The van der Waals surface area contributed by atoms with Crippen LogP contribution in [0.5, 0.6) is 0 Å². The van der Waals surface area contributed by atoms with Crippen molar-refractivity contribution in [1.82, 2.24) is 0 Å². The molecule has 1 aromatic carbocycles. The van der Waals surface area contributed by atoms with Gasteiger partial charge in [-0.2, -0.15) is 13.5 Å². The molecular weight excluding hydrogens is 474 g/mol. The summed E-state index contributed by atoms with van der Waals surface area (Å²) >= 11 is 7.82. The predicted molar refractivity (Wildman–Crippen MR) is 104 cm³/mol. The molecule has 1 heterocycles. The lowest BCUT2D eigenvalue weighted by Crippen LogP contribution is -3.00. The fourth-order valence-corrected chi connectivity index (χ4v) is 7.11. The highest BCUT2D eigenvalue weighted by Crippen LogP contribution is 2.48. The normalized spacial score (nSPS) is 29.8. The Morgan fingerprint density at radius 1 is 1.30 bits per heavy atom. The van der Waals surface area contributed by atoms with Crippen LogP contribution >= 0.6 is 23.4 Å². The number of hydrogen-bond donors (Lipinski definition) is 1. The molecule has 1 saturated heterocycles. The molecule has 1 N–H and O–H groups in total. The lowest BCUT2D eigenvalue weighted by atomic mass is 9.89. The van der Waals surface area contributed by atoms with Gasteiger partial charge in [-0.25, -0.2) is 0 Å². The van der Waals surface area contributed by atoms with Crippen molar-refractivity contribution in [3.8, 4) is 0 Å². The van der Waals surface area contributed by atoms with Crippen LogP contribution in [-0.4, -0.2) is 49.8 Å². The summed E-state index contributed by atoms with van der Waals surface area (Å²) in [6.07, 6.45) is 5.77. The van der Waals surface area contributed by atoms with Gasteiger partial charge in [-0.1, -0.05) is 34.3 Å². The smallest absolute Gasteiger partial charge is 0.300 e. The molecule has 10 heteroatoms. The SMILES string of the molecule is CN=NS(=O)(=O)c1cc(C2(O)CSC[N+]2(C)C2CCCCC2)ccc1Cl.[Br-]. The minimum absolute atomic E-state index is 0. The zero-order chi connectivity index (χ0) is 19.0. The van der Waals surface area contributed by atoms with Crippen molar-refractivity contribution in [2.75, 3.05) is 25.7 Å². The molecule has 1 aliphatic heterocycles. The van der Waals surface area contributed by atoms with Gasteiger partial charge < -0.3 is 22.1 Å². The number of aliphatic hydroxyl groups is 1. The average molecular weight is 499 g/mol. The fourth-order valence-electron chi connectivity index (χ4n) is 4.17. The minimum atomic E-state index is -3.98. The molecule has 2 fully saturated rings. The topological polar surface area (TPSA) is 79.1 Å². The first-order valence-corrected chi connectivity index (χ1v) is 11.7. The molecule has 3 rings (SSSR count). The molecule has 152 valence electrons. The number of thioether (sulfide) groups is 1. The first kappa shape index (κ1) is 23.1. The number of sulfonamides is 1. The Morgan fingerprint density at radius 3 is 2.59 bits per heavy atom. The van der Waals surface area contributed by atoms with Crippen molar-refractivity contribution in [1.29, 1.82) is 0 Å². The fraction of sp³-hybridized carbons (Fsp3) is 0.647. The van der Waals surface area contributed by atoms with Gasteiger partial charge in [0, 0.05) is 12.6 Å². The molecule has 2 aliphatic rings. The van der Waals surface area contributed by atoms with Crippen LogP contribution in [-0.2, 0) is 15.7 Å². The molecule has 0 spiro atoms. The standard InChI is InChI=1S/C17H25ClN3O3S2.BrH/c1-19-20-26(23,24)16-10-13(8-9-15(16)18)17(22)11-25-12-21(17,2)14-6-4-3-5-7-14;/h8-10,14,22H,3-7,11-12H2,1-2H3;1H/q+1;/p-1. The third-order valence-electron chi connectivity index (χ3n) is 5.75. The molecule has 0 radical (unpaired) electrons. The largest absolute Gasteiger partial charge is 1.00 e. The van der Waals surface area contributed by atoms with Gasteiger partial charge in [0.05, 0.1) is 23.9 Å². The molecule has 1 saturated carbocycles. The number of benzene rings is 1. The number of nitrogens with zero attached hydrogens (tertiary/aromatic N) is 3. The Kier molecular flexibility index (Phi) is 7.41. The number of quaternary nitrogens is 1. The summed E-state index contributed by atoms with van der Waals surface area (Å²) in [6.45, 7) is 0. The van der Waals surface area contributed by atoms with Crippen LogP contribution in [0.2, 0.25) is 5.02 Å².